The van der Waals surface area contributed by atoms with Crippen LogP contribution in [-0.4, -0.2) is 6.61 Å². The number of halogens is 1. The molecular weight excluding hydrogens is 276 g/mol. The maximum absolute atomic E-state index is 5.88. The number of unbranched alkanes of at least 4 members (excludes halogenated alkanes) is 1. The lowest BCUT2D eigenvalue weighted by Crippen LogP contribution is -2.11. The zero-order valence-corrected chi connectivity index (χ0v) is 12.5. The van der Waals surface area contributed by atoms with Crippen LogP contribution in [-0.2, 0) is 5.33 Å². The highest BCUT2D eigenvalue weighted by atomic mass is 79.9. The number of hydrogen-bond acceptors (Lipinski definition) is 1. The van der Waals surface area contributed by atoms with E-state index in [1.54, 1.807) is 0 Å². The Morgan fingerprint density at radius 3 is 2.76 bits per heavy atom. The molecule has 0 aliphatic heterocycles. The van der Waals surface area contributed by atoms with E-state index in [4.69, 9.17) is 4.74 Å². The number of alkyl halides is 1. The molecule has 0 bridgehead atoms. The molecule has 96 valence electrons. The van der Waals surface area contributed by atoms with Gasteiger partial charge < -0.3 is 4.74 Å². The maximum Gasteiger partial charge on any atom is 0.119 e. The minimum absolute atomic E-state index is 0.697. The molecule has 1 nitrogen and oxygen atoms in total. The molecule has 1 rings (SSSR count). The third kappa shape index (κ3) is 5.58. The van der Waals surface area contributed by atoms with Gasteiger partial charge in [0.2, 0.25) is 0 Å². The lowest BCUT2D eigenvalue weighted by Gasteiger charge is -2.15. The Hall–Kier alpha value is -0.500. The van der Waals surface area contributed by atoms with Crippen LogP contribution in [0, 0.1) is 5.92 Å². The predicted molar refractivity (Wildman–Crippen MR) is 77.9 cm³/mol. The Labute approximate surface area is 114 Å². The van der Waals surface area contributed by atoms with Crippen LogP contribution in [0.4, 0.5) is 0 Å². The first-order valence-corrected chi connectivity index (χ1v) is 7.70. The van der Waals surface area contributed by atoms with Gasteiger partial charge >= 0.3 is 0 Å². The second kappa shape index (κ2) is 8.57. The van der Waals surface area contributed by atoms with Crippen molar-refractivity contribution in [3.05, 3.63) is 29.8 Å². The Morgan fingerprint density at radius 1 is 1.29 bits per heavy atom. The molecule has 0 amide bonds. The maximum atomic E-state index is 5.88. The third-order valence-electron chi connectivity index (χ3n) is 3.08. The van der Waals surface area contributed by atoms with E-state index in [2.05, 4.69) is 48.0 Å². The molecule has 2 heteroatoms. The summed E-state index contributed by atoms with van der Waals surface area (Å²) in [5.74, 6) is 1.69. The van der Waals surface area contributed by atoms with Crippen LogP contribution in [0.5, 0.6) is 5.75 Å². The lowest BCUT2D eigenvalue weighted by molar-refractivity contribution is 0.233. The van der Waals surface area contributed by atoms with Crippen molar-refractivity contribution in [2.45, 2.75) is 44.9 Å². The van der Waals surface area contributed by atoms with Crippen molar-refractivity contribution in [1.29, 1.82) is 0 Å². The molecule has 0 heterocycles. The van der Waals surface area contributed by atoms with Gasteiger partial charge in [0.1, 0.15) is 5.75 Å². The van der Waals surface area contributed by atoms with Crippen LogP contribution in [0.15, 0.2) is 24.3 Å². The summed E-state index contributed by atoms with van der Waals surface area (Å²) in [4.78, 5) is 0. The topological polar surface area (TPSA) is 9.23 Å². The van der Waals surface area contributed by atoms with Gasteiger partial charge in [-0.3, -0.25) is 0 Å². The Kier molecular flexibility index (Phi) is 7.34. The monoisotopic (exact) mass is 298 g/mol. The first-order chi connectivity index (χ1) is 8.30. The van der Waals surface area contributed by atoms with Crippen LogP contribution < -0.4 is 4.74 Å². The average Bonchev–Trinajstić information content (AvgIpc) is 2.39. The van der Waals surface area contributed by atoms with Crippen LogP contribution >= 0.6 is 15.9 Å². The van der Waals surface area contributed by atoms with Crippen molar-refractivity contribution >= 4 is 15.9 Å². The second-order valence-electron chi connectivity index (χ2n) is 4.51. The van der Waals surface area contributed by atoms with Gasteiger partial charge in [-0.2, -0.15) is 0 Å². The van der Waals surface area contributed by atoms with E-state index < -0.39 is 0 Å². The Balaban J connectivity index is 2.41. The zero-order valence-electron chi connectivity index (χ0n) is 10.9. The van der Waals surface area contributed by atoms with E-state index >= 15 is 0 Å². The normalized spacial score (nSPS) is 12.4. The van der Waals surface area contributed by atoms with Crippen molar-refractivity contribution in [2.24, 2.45) is 5.92 Å². The Morgan fingerprint density at radius 2 is 2.12 bits per heavy atom. The molecule has 0 aliphatic carbocycles. The van der Waals surface area contributed by atoms with E-state index in [-0.39, 0.29) is 0 Å². The van der Waals surface area contributed by atoms with E-state index in [0.29, 0.717) is 5.92 Å². The molecule has 1 atom stereocenters. The second-order valence-corrected chi connectivity index (χ2v) is 5.07. The molecule has 0 fully saturated rings. The average molecular weight is 299 g/mol. The quantitative estimate of drug-likeness (QED) is 0.601. The molecule has 0 saturated heterocycles. The summed E-state index contributed by atoms with van der Waals surface area (Å²) in [5, 5.41) is 0.886. The van der Waals surface area contributed by atoms with Gasteiger partial charge in [0.05, 0.1) is 6.61 Å². The first-order valence-electron chi connectivity index (χ1n) is 6.57. The lowest BCUT2D eigenvalue weighted by atomic mass is 10.0. The van der Waals surface area contributed by atoms with Crippen molar-refractivity contribution in [3.8, 4) is 5.75 Å². The fourth-order valence-electron chi connectivity index (χ4n) is 1.83. The molecular formula is C15H23BrO. The SMILES string of the molecule is CCCCC(CC)COc1cccc(CBr)c1. The number of rotatable bonds is 8. The van der Waals surface area contributed by atoms with Crippen molar-refractivity contribution in [3.63, 3.8) is 0 Å². The van der Waals surface area contributed by atoms with E-state index in [9.17, 15) is 0 Å². The highest BCUT2D eigenvalue weighted by molar-refractivity contribution is 9.08. The highest BCUT2D eigenvalue weighted by Crippen LogP contribution is 2.18. The fourth-order valence-corrected chi connectivity index (χ4v) is 2.18. The summed E-state index contributed by atoms with van der Waals surface area (Å²) in [5.41, 5.74) is 1.27. The zero-order chi connectivity index (χ0) is 12.5. The van der Waals surface area contributed by atoms with Gasteiger partial charge in [-0.25, -0.2) is 0 Å². The van der Waals surface area contributed by atoms with Crippen LogP contribution in [0.1, 0.15) is 45.1 Å². The number of hydrogen-bond donors (Lipinski definition) is 0. The number of benzene rings is 1. The molecule has 0 aliphatic rings. The minimum Gasteiger partial charge on any atom is -0.493 e. The van der Waals surface area contributed by atoms with Crippen molar-refractivity contribution in [1.82, 2.24) is 0 Å². The summed E-state index contributed by atoms with van der Waals surface area (Å²) < 4.78 is 5.88. The standard InChI is InChI=1S/C15H23BrO/c1-3-5-7-13(4-2)12-17-15-9-6-8-14(10-15)11-16/h6,8-10,13H,3-5,7,11-12H2,1-2H3. The summed E-state index contributed by atoms with van der Waals surface area (Å²) >= 11 is 3.46. The van der Waals surface area contributed by atoms with Crippen molar-refractivity contribution < 1.29 is 4.74 Å². The van der Waals surface area contributed by atoms with E-state index in [1.165, 1.54) is 31.2 Å². The summed E-state index contributed by atoms with van der Waals surface area (Å²) in [6, 6.07) is 8.31. The van der Waals surface area contributed by atoms with Gasteiger partial charge in [0.25, 0.3) is 0 Å². The molecule has 17 heavy (non-hydrogen) atoms. The highest BCUT2D eigenvalue weighted by Gasteiger charge is 2.06. The number of ether oxygens (including phenoxy) is 1. The van der Waals surface area contributed by atoms with Gasteiger partial charge in [0.15, 0.2) is 0 Å². The van der Waals surface area contributed by atoms with E-state index in [0.717, 1.165) is 17.7 Å². The third-order valence-corrected chi connectivity index (χ3v) is 3.73. The van der Waals surface area contributed by atoms with Crippen LogP contribution in [0.2, 0.25) is 0 Å². The predicted octanol–water partition coefficient (Wildman–Crippen LogP) is 5.18. The Bertz CT molecular complexity index is 312. The molecule has 0 spiro atoms. The molecule has 0 N–H and O–H groups in total. The van der Waals surface area contributed by atoms with Gasteiger partial charge in [-0.05, 0) is 30.0 Å². The largest absolute Gasteiger partial charge is 0.493 e. The first kappa shape index (κ1) is 14.6. The summed E-state index contributed by atoms with van der Waals surface area (Å²) in [6.07, 6.45) is 5.07. The molecule has 0 radical (unpaired) electrons. The smallest absolute Gasteiger partial charge is 0.119 e. The summed E-state index contributed by atoms with van der Waals surface area (Å²) in [6.45, 7) is 5.34. The molecule has 0 saturated carbocycles. The molecule has 1 aromatic rings. The molecule has 0 aromatic heterocycles. The van der Waals surface area contributed by atoms with Crippen molar-refractivity contribution in [2.75, 3.05) is 6.61 Å². The molecule has 1 aromatic carbocycles. The van der Waals surface area contributed by atoms with Crippen LogP contribution in [0.3, 0.4) is 0 Å². The fraction of sp³-hybridized carbons (Fsp3) is 0.600. The molecule has 1 unspecified atom stereocenters. The minimum atomic E-state index is 0.697. The van der Waals surface area contributed by atoms with Crippen LogP contribution in [0.25, 0.3) is 0 Å². The van der Waals surface area contributed by atoms with Gasteiger partial charge in [-0.1, -0.05) is 61.2 Å². The van der Waals surface area contributed by atoms with Gasteiger partial charge in [0, 0.05) is 5.33 Å². The summed E-state index contributed by atoms with van der Waals surface area (Å²) in [7, 11) is 0. The van der Waals surface area contributed by atoms with Gasteiger partial charge in [-0.15, -0.1) is 0 Å². The van der Waals surface area contributed by atoms with E-state index in [1.807, 2.05) is 6.07 Å².